The van der Waals surface area contributed by atoms with Crippen molar-refractivity contribution >= 4 is 38.6 Å². The molecule has 0 saturated heterocycles. The molecule has 8 nitrogen and oxygen atoms in total. The van der Waals surface area contributed by atoms with Crippen LogP contribution >= 0.6 is 11.3 Å². The van der Waals surface area contributed by atoms with Crippen molar-refractivity contribution < 1.29 is 9.53 Å². The Morgan fingerprint density at radius 3 is 2.74 bits per heavy atom. The van der Waals surface area contributed by atoms with Gasteiger partial charge in [-0.05, 0) is 18.2 Å². The summed E-state index contributed by atoms with van der Waals surface area (Å²) in [7, 11) is 2.89. The molecule has 4 aromatic rings. The molecular formula is C18H14N4O4S. The number of rotatable bonds is 3. The van der Waals surface area contributed by atoms with Crippen LogP contribution in [0, 0.1) is 0 Å². The van der Waals surface area contributed by atoms with Crippen LogP contribution in [0.25, 0.3) is 21.3 Å². The first kappa shape index (κ1) is 17.1. The van der Waals surface area contributed by atoms with E-state index in [0.717, 1.165) is 14.8 Å². The number of benzene rings is 1. The van der Waals surface area contributed by atoms with Gasteiger partial charge in [0.15, 0.2) is 0 Å². The Balaban J connectivity index is 1.62. The van der Waals surface area contributed by atoms with Crippen LogP contribution in [0.5, 0.6) is 0 Å². The molecule has 0 radical (unpaired) electrons. The van der Waals surface area contributed by atoms with Crippen LogP contribution in [0.4, 0.5) is 0 Å². The highest BCUT2D eigenvalue weighted by Gasteiger charge is 2.15. The summed E-state index contributed by atoms with van der Waals surface area (Å²) >= 11 is 1.45. The quantitative estimate of drug-likeness (QED) is 0.500. The third-order valence-corrected chi connectivity index (χ3v) is 5.20. The fourth-order valence-corrected chi connectivity index (χ4v) is 3.65. The molecule has 3 aromatic heterocycles. The number of ether oxygens (including phenoxy) is 1. The van der Waals surface area contributed by atoms with Gasteiger partial charge in [-0.3, -0.25) is 13.9 Å². The number of fused-ring (bicyclic) bond motifs is 2. The summed E-state index contributed by atoms with van der Waals surface area (Å²) in [5.74, 6) is -0.612. The highest BCUT2D eigenvalue weighted by molar-refractivity contribution is 7.18. The minimum Gasteiger partial charge on any atom is -0.455 e. The molecule has 0 fully saturated rings. The summed E-state index contributed by atoms with van der Waals surface area (Å²) in [5.41, 5.74) is 0.211. The number of carbonyl (C=O) groups is 1. The summed E-state index contributed by atoms with van der Waals surface area (Å²) in [6.07, 6.45) is 1.29. The maximum absolute atomic E-state index is 12.4. The van der Waals surface area contributed by atoms with Gasteiger partial charge in [0.2, 0.25) is 0 Å². The molecule has 0 N–H and O–H groups in total. The lowest BCUT2D eigenvalue weighted by molar-refractivity contribution is 0.0472. The van der Waals surface area contributed by atoms with Crippen LogP contribution in [0.2, 0.25) is 0 Å². The SMILES string of the molecule is Cn1c(=O)c2cc(C(=O)OCc3nc4ccccc4s3)cnc2n(C)c1=O. The molecule has 0 unspecified atom stereocenters. The van der Waals surface area contributed by atoms with Crippen molar-refractivity contribution in [1.82, 2.24) is 19.1 Å². The average Bonchev–Trinajstić information content (AvgIpc) is 3.11. The number of hydrogen-bond acceptors (Lipinski definition) is 7. The van der Waals surface area contributed by atoms with Crippen molar-refractivity contribution in [3.63, 3.8) is 0 Å². The minimum atomic E-state index is -0.612. The van der Waals surface area contributed by atoms with E-state index in [4.69, 9.17) is 4.74 Å². The standard InChI is InChI=1S/C18H14N4O4S/c1-21-15-11(16(23)22(2)18(21)25)7-10(8-19-15)17(24)26-9-14-20-12-5-3-4-6-13(12)27-14/h3-8H,9H2,1-2H3. The Bertz CT molecular complexity index is 1290. The maximum atomic E-state index is 12.4. The number of thiazole rings is 1. The van der Waals surface area contributed by atoms with Crippen molar-refractivity contribution in [2.24, 2.45) is 14.1 Å². The van der Waals surface area contributed by atoms with Gasteiger partial charge in [0.05, 0.1) is 21.2 Å². The molecule has 0 amide bonds. The molecule has 0 atom stereocenters. The van der Waals surface area contributed by atoms with Gasteiger partial charge in [0, 0.05) is 20.3 Å². The second kappa shape index (κ2) is 6.44. The van der Waals surface area contributed by atoms with Crippen LogP contribution in [0.15, 0.2) is 46.1 Å². The van der Waals surface area contributed by atoms with Gasteiger partial charge in [0.1, 0.15) is 17.3 Å². The molecule has 0 bridgehead atoms. The van der Waals surface area contributed by atoms with Gasteiger partial charge in [-0.15, -0.1) is 11.3 Å². The first-order valence-electron chi connectivity index (χ1n) is 8.03. The summed E-state index contributed by atoms with van der Waals surface area (Å²) in [6, 6.07) is 9.05. The predicted molar refractivity (Wildman–Crippen MR) is 101 cm³/mol. The number of carbonyl (C=O) groups excluding carboxylic acids is 1. The number of esters is 1. The van der Waals surface area contributed by atoms with Crippen molar-refractivity contribution in [2.75, 3.05) is 0 Å². The Morgan fingerprint density at radius 2 is 1.96 bits per heavy atom. The summed E-state index contributed by atoms with van der Waals surface area (Å²) in [4.78, 5) is 45.1. The van der Waals surface area contributed by atoms with Crippen LogP contribution < -0.4 is 11.2 Å². The highest BCUT2D eigenvalue weighted by atomic mass is 32.1. The van der Waals surface area contributed by atoms with Gasteiger partial charge < -0.3 is 4.74 Å². The minimum absolute atomic E-state index is 0.0293. The molecule has 27 heavy (non-hydrogen) atoms. The number of aryl methyl sites for hydroxylation is 1. The fourth-order valence-electron chi connectivity index (χ4n) is 2.77. The van der Waals surface area contributed by atoms with Crippen LogP contribution in [-0.4, -0.2) is 25.1 Å². The zero-order valence-electron chi connectivity index (χ0n) is 14.5. The van der Waals surface area contributed by atoms with Gasteiger partial charge in [-0.25, -0.2) is 19.6 Å². The first-order chi connectivity index (χ1) is 13.0. The van der Waals surface area contributed by atoms with E-state index in [0.29, 0.717) is 5.01 Å². The molecule has 0 aliphatic rings. The highest BCUT2D eigenvalue weighted by Crippen LogP contribution is 2.22. The van der Waals surface area contributed by atoms with Crippen molar-refractivity contribution in [2.45, 2.75) is 6.61 Å². The van der Waals surface area contributed by atoms with E-state index in [-0.39, 0.29) is 23.2 Å². The summed E-state index contributed by atoms with van der Waals surface area (Å²) < 4.78 is 8.55. The van der Waals surface area contributed by atoms with E-state index >= 15 is 0 Å². The molecule has 136 valence electrons. The molecular weight excluding hydrogens is 368 g/mol. The molecule has 0 spiro atoms. The van der Waals surface area contributed by atoms with E-state index in [2.05, 4.69) is 9.97 Å². The molecule has 1 aromatic carbocycles. The predicted octanol–water partition coefficient (Wildman–Crippen LogP) is 1.60. The Labute approximate surface area is 156 Å². The third kappa shape index (κ3) is 2.91. The van der Waals surface area contributed by atoms with Crippen molar-refractivity contribution in [3.05, 3.63) is 67.9 Å². The van der Waals surface area contributed by atoms with Crippen LogP contribution in [0.3, 0.4) is 0 Å². The molecule has 0 saturated carbocycles. The lowest BCUT2D eigenvalue weighted by Crippen LogP contribution is -2.37. The van der Waals surface area contributed by atoms with Crippen LogP contribution in [0.1, 0.15) is 15.4 Å². The second-order valence-electron chi connectivity index (χ2n) is 5.95. The first-order valence-corrected chi connectivity index (χ1v) is 8.84. The normalized spacial score (nSPS) is 11.2. The zero-order chi connectivity index (χ0) is 19.1. The molecule has 3 heterocycles. The van der Waals surface area contributed by atoms with E-state index < -0.39 is 17.2 Å². The van der Waals surface area contributed by atoms with E-state index in [1.807, 2.05) is 24.3 Å². The Hall–Kier alpha value is -3.33. The van der Waals surface area contributed by atoms with Gasteiger partial charge in [0.25, 0.3) is 5.56 Å². The van der Waals surface area contributed by atoms with Gasteiger partial charge in [-0.2, -0.15) is 0 Å². The van der Waals surface area contributed by atoms with E-state index in [9.17, 15) is 14.4 Å². The Morgan fingerprint density at radius 1 is 1.19 bits per heavy atom. The summed E-state index contributed by atoms with van der Waals surface area (Å²) in [6.45, 7) is 0.0293. The van der Waals surface area contributed by atoms with E-state index in [1.54, 1.807) is 0 Å². The van der Waals surface area contributed by atoms with Crippen molar-refractivity contribution in [3.8, 4) is 0 Å². The monoisotopic (exact) mass is 382 g/mol. The smallest absolute Gasteiger partial charge is 0.340 e. The summed E-state index contributed by atoms with van der Waals surface area (Å²) in [5, 5.41) is 0.852. The fraction of sp³-hybridized carbons (Fsp3) is 0.167. The number of hydrogen-bond donors (Lipinski definition) is 0. The largest absolute Gasteiger partial charge is 0.455 e. The topological polar surface area (TPSA) is 96.1 Å². The second-order valence-corrected chi connectivity index (χ2v) is 7.07. The zero-order valence-corrected chi connectivity index (χ0v) is 15.3. The lowest BCUT2D eigenvalue weighted by Gasteiger charge is -2.08. The molecule has 0 aliphatic carbocycles. The number of pyridine rings is 1. The number of para-hydroxylation sites is 1. The molecule has 4 rings (SSSR count). The number of nitrogens with zero attached hydrogens (tertiary/aromatic N) is 4. The van der Waals surface area contributed by atoms with Gasteiger partial charge in [-0.1, -0.05) is 12.1 Å². The van der Waals surface area contributed by atoms with Crippen molar-refractivity contribution in [1.29, 1.82) is 0 Å². The lowest BCUT2D eigenvalue weighted by atomic mass is 10.2. The maximum Gasteiger partial charge on any atom is 0.340 e. The van der Waals surface area contributed by atoms with Gasteiger partial charge >= 0.3 is 11.7 Å². The number of aromatic nitrogens is 4. The molecule has 9 heteroatoms. The average molecular weight is 382 g/mol. The Kier molecular flexibility index (Phi) is 4.08. The molecule has 0 aliphatic heterocycles. The third-order valence-electron chi connectivity index (χ3n) is 4.19. The van der Waals surface area contributed by atoms with E-state index in [1.165, 1.54) is 42.3 Å². The van der Waals surface area contributed by atoms with Crippen LogP contribution in [-0.2, 0) is 25.4 Å².